The topological polar surface area (TPSA) is 49.3 Å². The fourth-order valence-electron chi connectivity index (χ4n) is 2.99. The lowest BCUT2D eigenvalue weighted by molar-refractivity contribution is 0.0697. The number of halogens is 1. The number of hydrogen-bond donors (Lipinski definition) is 2. The normalized spacial score (nSPS) is 17.0. The molecule has 0 heterocycles. The van der Waals surface area contributed by atoms with Crippen molar-refractivity contribution in [3.8, 4) is 0 Å². The quantitative estimate of drug-likeness (QED) is 0.905. The van der Waals surface area contributed by atoms with E-state index in [1.54, 1.807) is 18.2 Å². The highest BCUT2D eigenvalue weighted by Gasteiger charge is 2.20. The Morgan fingerprint density at radius 3 is 2.73 bits per heavy atom. The number of rotatable bonds is 4. The first kappa shape index (κ1) is 14.7. The Bertz CT molecular complexity index is 682. The summed E-state index contributed by atoms with van der Waals surface area (Å²) in [5.41, 5.74) is 3.57. The molecule has 0 amide bonds. The van der Waals surface area contributed by atoms with Gasteiger partial charge in [-0.05, 0) is 60.2 Å². The first-order valence-corrected chi connectivity index (χ1v) is 7.47. The maximum Gasteiger partial charge on any atom is 0.335 e. The lowest BCUT2D eigenvalue weighted by Crippen LogP contribution is -2.25. The number of aryl methyl sites for hydroxylation is 1. The number of fused-ring (bicyclic) bond motifs is 1. The molecule has 3 rings (SSSR count). The zero-order valence-electron chi connectivity index (χ0n) is 12.2. The molecule has 0 aliphatic heterocycles. The highest BCUT2D eigenvalue weighted by atomic mass is 19.1. The van der Waals surface area contributed by atoms with Crippen molar-refractivity contribution in [3.05, 3.63) is 70.5 Å². The van der Waals surface area contributed by atoms with Gasteiger partial charge in [0.25, 0.3) is 0 Å². The minimum absolute atomic E-state index is 0.151. The lowest BCUT2D eigenvalue weighted by atomic mass is 9.87. The second-order valence-electron chi connectivity index (χ2n) is 5.67. The van der Waals surface area contributed by atoms with Crippen molar-refractivity contribution in [2.45, 2.75) is 31.8 Å². The van der Waals surface area contributed by atoms with E-state index in [0.717, 1.165) is 30.4 Å². The molecule has 22 heavy (non-hydrogen) atoms. The molecule has 4 heteroatoms. The number of aromatic carboxylic acids is 1. The Labute approximate surface area is 128 Å². The fraction of sp³-hybridized carbons (Fsp3) is 0.278. The van der Waals surface area contributed by atoms with Crippen molar-refractivity contribution in [3.63, 3.8) is 0 Å². The SMILES string of the molecule is O=C(O)c1ccc(CN[C@@H]2CCCc3ccc(F)cc32)cc1. The van der Waals surface area contributed by atoms with Crippen LogP contribution in [0.15, 0.2) is 42.5 Å². The van der Waals surface area contributed by atoms with Gasteiger partial charge in [0.05, 0.1) is 5.56 Å². The molecule has 2 aromatic rings. The van der Waals surface area contributed by atoms with Crippen molar-refractivity contribution >= 4 is 5.97 Å². The molecule has 0 aromatic heterocycles. The maximum absolute atomic E-state index is 13.5. The fourth-order valence-corrected chi connectivity index (χ4v) is 2.99. The van der Waals surface area contributed by atoms with Crippen LogP contribution >= 0.6 is 0 Å². The summed E-state index contributed by atoms with van der Waals surface area (Å²) in [5, 5.41) is 12.3. The number of carboxylic acids is 1. The molecule has 2 N–H and O–H groups in total. The highest BCUT2D eigenvalue weighted by molar-refractivity contribution is 5.87. The molecule has 3 nitrogen and oxygen atoms in total. The van der Waals surface area contributed by atoms with Gasteiger partial charge in [0.1, 0.15) is 5.82 Å². The van der Waals surface area contributed by atoms with E-state index in [1.165, 1.54) is 11.6 Å². The van der Waals surface area contributed by atoms with Crippen LogP contribution in [0.2, 0.25) is 0 Å². The standard InChI is InChI=1S/C18H18FNO2/c19-15-9-8-13-2-1-3-17(16(13)10-15)20-11-12-4-6-14(7-5-12)18(21)22/h4-10,17,20H,1-3,11H2,(H,21,22)/t17-/m1/s1. The van der Waals surface area contributed by atoms with Crippen LogP contribution in [0, 0.1) is 5.82 Å². The van der Waals surface area contributed by atoms with Crippen molar-refractivity contribution in [2.75, 3.05) is 0 Å². The van der Waals surface area contributed by atoms with Crippen LogP contribution < -0.4 is 5.32 Å². The molecular formula is C18H18FNO2. The van der Waals surface area contributed by atoms with Gasteiger partial charge in [-0.1, -0.05) is 18.2 Å². The minimum Gasteiger partial charge on any atom is -0.478 e. The smallest absolute Gasteiger partial charge is 0.335 e. The Hall–Kier alpha value is -2.20. The molecule has 0 unspecified atom stereocenters. The van der Waals surface area contributed by atoms with E-state index in [-0.39, 0.29) is 17.4 Å². The first-order chi connectivity index (χ1) is 10.6. The van der Waals surface area contributed by atoms with Crippen LogP contribution in [0.1, 0.15) is 45.9 Å². The van der Waals surface area contributed by atoms with E-state index >= 15 is 0 Å². The van der Waals surface area contributed by atoms with E-state index in [9.17, 15) is 9.18 Å². The van der Waals surface area contributed by atoms with Crippen LogP contribution in [-0.4, -0.2) is 11.1 Å². The molecule has 1 aliphatic carbocycles. The van der Waals surface area contributed by atoms with Crippen molar-refractivity contribution in [1.29, 1.82) is 0 Å². The van der Waals surface area contributed by atoms with Gasteiger partial charge in [0.15, 0.2) is 0 Å². The van der Waals surface area contributed by atoms with Crippen LogP contribution in [0.4, 0.5) is 4.39 Å². The minimum atomic E-state index is -0.920. The Morgan fingerprint density at radius 1 is 1.23 bits per heavy atom. The van der Waals surface area contributed by atoms with Gasteiger partial charge >= 0.3 is 5.97 Å². The van der Waals surface area contributed by atoms with Gasteiger partial charge in [0.2, 0.25) is 0 Å². The summed E-state index contributed by atoms with van der Waals surface area (Å²) in [6.07, 6.45) is 3.08. The van der Waals surface area contributed by atoms with E-state index < -0.39 is 5.97 Å². The average Bonchev–Trinajstić information content (AvgIpc) is 2.53. The van der Waals surface area contributed by atoms with Crippen LogP contribution in [0.25, 0.3) is 0 Å². The number of carbonyl (C=O) groups is 1. The summed E-state index contributed by atoms with van der Waals surface area (Å²) < 4.78 is 13.5. The third-order valence-electron chi connectivity index (χ3n) is 4.18. The van der Waals surface area contributed by atoms with E-state index in [1.807, 2.05) is 18.2 Å². The predicted molar refractivity (Wildman–Crippen MR) is 82.3 cm³/mol. The molecule has 0 saturated heterocycles. The monoisotopic (exact) mass is 299 g/mol. The summed E-state index contributed by atoms with van der Waals surface area (Å²) in [5.74, 6) is -1.12. The summed E-state index contributed by atoms with van der Waals surface area (Å²) in [7, 11) is 0. The van der Waals surface area contributed by atoms with Gasteiger partial charge < -0.3 is 10.4 Å². The summed E-state index contributed by atoms with van der Waals surface area (Å²) >= 11 is 0. The predicted octanol–water partition coefficient (Wildman–Crippen LogP) is 3.69. The van der Waals surface area contributed by atoms with Gasteiger partial charge in [-0.3, -0.25) is 0 Å². The summed E-state index contributed by atoms with van der Waals surface area (Å²) in [4.78, 5) is 10.8. The van der Waals surface area contributed by atoms with Gasteiger partial charge in [-0.15, -0.1) is 0 Å². The molecule has 0 saturated carbocycles. The third-order valence-corrected chi connectivity index (χ3v) is 4.18. The summed E-state index contributed by atoms with van der Waals surface area (Å²) in [6, 6.07) is 12.0. The molecule has 0 spiro atoms. The van der Waals surface area contributed by atoms with Gasteiger partial charge in [-0.2, -0.15) is 0 Å². The molecule has 2 aromatic carbocycles. The number of benzene rings is 2. The highest BCUT2D eigenvalue weighted by Crippen LogP contribution is 2.30. The maximum atomic E-state index is 13.5. The Kier molecular flexibility index (Phi) is 4.20. The van der Waals surface area contributed by atoms with E-state index in [2.05, 4.69) is 5.32 Å². The number of nitrogens with one attached hydrogen (secondary N) is 1. The van der Waals surface area contributed by atoms with E-state index in [4.69, 9.17) is 5.11 Å². The molecule has 0 fully saturated rings. The summed E-state index contributed by atoms with van der Waals surface area (Å²) in [6.45, 7) is 0.639. The molecule has 0 bridgehead atoms. The second-order valence-corrected chi connectivity index (χ2v) is 5.67. The molecular weight excluding hydrogens is 281 g/mol. The molecule has 1 aliphatic rings. The molecule has 0 radical (unpaired) electrons. The first-order valence-electron chi connectivity index (χ1n) is 7.47. The zero-order chi connectivity index (χ0) is 15.5. The van der Waals surface area contributed by atoms with Gasteiger partial charge in [-0.25, -0.2) is 9.18 Å². The van der Waals surface area contributed by atoms with E-state index in [0.29, 0.717) is 6.54 Å². The van der Waals surface area contributed by atoms with Crippen LogP contribution in [-0.2, 0) is 13.0 Å². The molecule has 1 atom stereocenters. The van der Waals surface area contributed by atoms with Crippen molar-refractivity contribution < 1.29 is 14.3 Å². The number of hydrogen-bond acceptors (Lipinski definition) is 2. The van der Waals surface area contributed by atoms with Crippen LogP contribution in [0.3, 0.4) is 0 Å². The Morgan fingerprint density at radius 2 is 2.00 bits per heavy atom. The van der Waals surface area contributed by atoms with Crippen molar-refractivity contribution in [2.24, 2.45) is 0 Å². The molecule has 114 valence electrons. The zero-order valence-corrected chi connectivity index (χ0v) is 12.2. The second kappa shape index (κ2) is 6.28. The van der Waals surface area contributed by atoms with Crippen LogP contribution in [0.5, 0.6) is 0 Å². The third kappa shape index (κ3) is 3.17. The lowest BCUT2D eigenvalue weighted by Gasteiger charge is -2.26. The Balaban J connectivity index is 1.70. The van der Waals surface area contributed by atoms with Crippen molar-refractivity contribution in [1.82, 2.24) is 5.32 Å². The number of carboxylic acid groups (broad SMARTS) is 1. The average molecular weight is 299 g/mol. The van der Waals surface area contributed by atoms with Gasteiger partial charge in [0, 0.05) is 12.6 Å². The largest absolute Gasteiger partial charge is 0.478 e.